The van der Waals surface area contributed by atoms with Gasteiger partial charge < -0.3 is 9.30 Å². The molecule has 0 N–H and O–H groups in total. The molecule has 0 spiro atoms. The highest BCUT2D eigenvalue weighted by molar-refractivity contribution is 7.99. The Hall–Kier alpha value is -2.58. The van der Waals surface area contributed by atoms with Gasteiger partial charge in [0.1, 0.15) is 12.4 Å². The van der Waals surface area contributed by atoms with E-state index in [0.717, 1.165) is 5.56 Å². The fraction of sp³-hybridized carbons (Fsp3) is 0.222. The van der Waals surface area contributed by atoms with E-state index in [0.29, 0.717) is 21.8 Å². The van der Waals surface area contributed by atoms with Crippen LogP contribution in [0.15, 0.2) is 53.7 Å². The van der Waals surface area contributed by atoms with Crippen LogP contribution in [0.1, 0.15) is 23.6 Å². The number of para-hydroxylation sites is 1. The Labute approximate surface area is 165 Å². The number of nitrogens with zero attached hydrogens (tertiary/aromatic N) is 4. The number of hydrogen-bond acceptors (Lipinski definition) is 6. The molecule has 0 aliphatic heterocycles. The molecule has 0 amide bonds. The van der Waals surface area contributed by atoms with Crippen LogP contribution >= 0.6 is 23.4 Å². The summed E-state index contributed by atoms with van der Waals surface area (Å²) in [6.45, 7) is 2.21. The second-order valence-corrected chi connectivity index (χ2v) is 7.50. The first-order valence-electron chi connectivity index (χ1n) is 8.12. The van der Waals surface area contributed by atoms with E-state index in [4.69, 9.17) is 16.3 Å². The molecule has 0 unspecified atom stereocenters. The van der Waals surface area contributed by atoms with Crippen LogP contribution in [0.4, 0.5) is 5.69 Å². The molecule has 7 nitrogen and oxygen atoms in total. The Morgan fingerprint density at radius 1 is 1.26 bits per heavy atom. The first-order chi connectivity index (χ1) is 13.0. The number of benzene rings is 2. The lowest BCUT2D eigenvalue weighted by Crippen LogP contribution is -2.05. The summed E-state index contributed by atoms with van der Waals surface area (Å²) in [4.78, 5) is 10.6. The Balaban J connectivity index is 1.69. The Kier molecular flexibility index (Phi) is 5.98. The molecule has 27 heavy (non-hydrogen) atoms. The van der Waals surface area contributed by atoms with E-state index in [1.54, 1.807) is 24.3 Å². The summed E-state index contributed by atoms with van der Waals surface area (Å²) in [6.07, 6.45) is 0. The molecule has 0 radical (unpaired) electrons. The fourth-order valence-corrected chi connectivity index (χ4v) is 3.54. The van der Waals surface area contributed by atoms with Gasteiger partial charge in [-0.3, -0.25) is 10.1 Å². The van der Waals surface area contributed by atoms with Crippen molar-refractivity contribution in [3.63, 3.8) is 0 Å². The summed E-state index contributed by atoms with van der Waals surface area (Å²) in [7, 11) is 1.85. The summed E-state index contributed by atoms with van der Waals surface area (Å²) < 4.78 is 7.55. The van der Waals surface area contributed by atoms with Gasteiger partial charge in [-0.05, 0) is 24.6 Å². The lowest BCUT2D eigenvalue weighted by Gasteiger charge is -2.11. The number of rotatable bonds is 7. The smallest absolute Gasteiger partial charge is 0.269 e. The van der Waals surface area contributed by atoms with Crippen molar-refractivity contribution >= 4 is 29.1 Å². The minimum atomic E-state index is -0.395. The van der Waals surface area contributed by atoms with Gasteiger partial charge in [-0.15, -0.1) is 10.2 Å². The number of nitro benzene ring substituents is 1. The average Bonchev–Trinajstić information content (AvgIpc) is 3.01. The normalized spacial score (nSPS) is 12.0. The zero-order valence-electron chi connectivity index (χ0n) is 14.7. The maximum absolute atomic E-state index is 11.0. The summed E-state index contributed by atoms with van der Waals surface area (Å²) in [6, 6.07) is 13.8. The highest BCUT2D eigenvalue weighted by atomic mass is 35.5. The van der Waals surface area contributed by atoms with Gasteiger partial charge >= 0.3 is 0 Å². The van der Waals surface area contributed by atoms with Crippen LogP contribution in [0.3, 0.4) is 0 Å². The molecule has 0 aliphatic carbocycles. The fourth-order valence-electron chi connectivity index (χ4n) is 2.39. The topological polar surface area (TPSA) is 83.1 Å². The maximum Gasteiger partial charge on any atom is 0.269 e. The minimum Gasteiger partial charge on any atom is -0.484 e. The van der Waals surface area contributed by atoms with Crippen molar-refractivity contribution in [2.75, 3.05) is 0 Å². The predicted octanol–water partition coefficient (Wildman–Crippen LogP) is 4.81. The van der Waals surface area contributed by atoms with E-state index < -0.39 is 4.92 Å². The first kappa shape index (κ1) is 19.2. The number of aromatic nitrogens is 3. The monoisotopic (exact) mass is 404 g/mol. The van der Waals surface area contributed by atoms with E-state index >= 15 is 0 Å². The maximum atomic E-state index is 11.0. The van der Waals surface area contributed by atoms with Crippen LogP contribution in [0.2, 0.25) is 5.02 Å². The van der Waals surface area contributed by atoms with E-state index in [-0.39, 0.29) is 17.5 Å². The molecular formula is C18H17ClN4O3S. The second kappa shape index (κ2) is 8.41. The molecule has 0 fully saturated rings. The predicted molar refractivity (Wildman–Crippen MR) is 104 cm³/mol. The molecule has 3 aromatic rings. The van der Waals surface area contributed by atoms with Gasteiger partial charge in [0.25, 0.3) is 5.69 Å². The van der Waals surface area contributed by atoms with Crippen LogP contribution in [0.5, 0.6) is 5.75 Å². The van der Waals surface area contributed by atoms with Crippen molar-refractivity contribution in [1.82, 2.24) is 14.8 Å². The first-order valence-corrected chi connectivity index (χ1v) is 9.38. The van der Waals surface area contributed by atoms with Gasteiger partial charge in [0.2, 0.25) is 0 Å². The van der Waals surface area contributed by atoms with Crippen LogP contribution in [0, 0.1) is 10.1 Å². The van der Waals surface area contributed by atoms with Crippen molar-refractivity contribution in [3.05, 3.63) is 75.1 Å². The molecule has 1 heterocycles. The largest absolute Gasteiger partial charge is 0.484 e. The number of nitro groups is 1. The zero-order valence-corrected chi connectivity index (χ0v) is 16.3. The third kappa shape index (κ3) is 4.58. The van der Waals surface area contributed by atoms with E-state index in [9.17, 15) is 10.1 Å². The summed E-state index contributed by atoms with van der Waals surface area (Å²) in [5.74, 6) is 1.24. The van der Waals surface area contributed by atoms with Crippen LogP contribution in [0.25, 0.3) is 0 Å². The SMILES string of the molecule is C[C@@H](Sc1nnc(COc2ccccc2Cl)n1C)c1cccc([N+](=O)[O-])c1. The van der Waals surface area contributed by atoms with Gasteiger partial charge in [-0.1, -0.05) is 47.6 Å². The van der Waals surface area contributed by atoms with Crippen LogP contribution < -0.4 is 4.74 Å². The molecule has 2 aromatic carbocycles. The molecule has 9 heteroatoms. The van der Waals surface area contributed by atoms with E-state index in [2.05, 4.69) is 10.2 Å². The third-order valence-corrected chi connectivity index (χ3v) is 5.46. The standard InChI is InChI=1S/C18H17ClN4O3S/c1-12(13-6-5-7-14(10-13)23(24)25)27-18-21-20-17(22(18)2)11-26-16-9-4-3-8-15(16)19/h3-10,12H,11H2,1-2H3/t12-/m1/s1. The molecule has 0 aliphatic rings. The third-order valence-electron chi connectivity index (χ3n) is 3.95. The van der Waals surface area contributed by atoms with Crippen molar-refractivity contribution in [3.8, 4) is 5.75 Å². The van der Waals surface area contributed by atoms with Crippen molar-refractivity contribution in [2.45, 2.75) is 23.9 Å². The van der Waals surface area contributed by atoms with Gasteiger partial charge in [-0.25, -0.2) is 0 Å². The number of thioether (sulfide) groups is 1. The van der Waals surface area contributed by atoms with Gasteiger partial charge in [-0.2, -0.15) is 0 Å². The number of ether oxygens (including phenoxy) is 1. The molecule has 0 saturated heterocycles. The molecule has 3 rings (SSSR count). The lowest BCUT2D eigenvalue weighted by atomic mass is 10.1. The molecule has 0 bridgehead atoms. The van der Waals surface area contributed by atoms with Gasteiger partial charge in [0.15, 0.2) is 11.0 Å². The Bertz CT molecular complexity index is 963. The Morgan fingerprint density at radius 2 is 2.04 bits per heavy atom. The van der Waals surface area contributed by atoms with Crippen molar-refractivity contribution in [1.29, 1.82) is 0 Å². The van der Waals surface area contributed by atoms with Gasteiger partial charge in [0, 0.05) is 24.4 Å². The molecule has 140 valence electrons. The summed E-state index contributed by atoms with van der Waals surface area (Å²) in [5, 5.41) is 20.5. The van der Waals surface area contributed by atoms with Crippen molar-refractivity contribution < 1.29 is 9.66 Å². The molecule has 0 saturated carbocycles. The van der Waals surface area contributed by atoms with Crippen LogP contribution in [-0.4, -0.2) is 19.7 Å². The van der Waals surface area contributed by atoms with Crippen molar-refractivity contribution in [2.24, 2.45) is 7.05 Å². The minimum absolute atomic E-state index is 0.0230. The molecule has 1 aromatic heterocycles. The summed E-state index contributed by atoms with van der Waals surface area (Å²) in [5.41, 5.74) is 0.929. The highest BCUT2D eigenvalue weighted by Crippen LogP contribution is 2.35. The number of non-ortho nitro benzene ring substituents is 1. The zero-order chi connectivity index (χ0) is 19.4. The molecule has 1 atom stereocenters. The second-order valence-electron chi connectivity index (χ2n) is 5.79. The van der Waals surface area contributed by atoms with Gasteiger partial charge in [0.05, 0.1) is 9.95 Å². The summed E-state index contributed by atoms with van der Waals surface area (Å²) >= 11 is 7.56. The quantitative estimate of drug-likeness (QED) is 0.319. The Morgan fingerprint density at radius 3 is 2.78 bits per heavy atom. The number of halogens is 1. The van der Waals surface area contributed by atoms with Crippen LogP contribution in [-0.2, 0) is 13.7 Å². The molecular weight excluding hydrogens is 388 g/mol. The average molecular weight is 405 g/mol. The lowest BCUT2D eigenvalue weighted by molar-refractivity contribution is -0.384. The highest BCUT2D eigenvalue weighted by Gasteiger charge is 2.17. The number of hydrogen-bond donors (Lipinski definition) is 0. The van der Waals surface area contributed by atoms with E-state index in [1.807, 2.05) is 36.7 Å². The van der Waals surface area contributed by atoms with E-state index in [1.165, 1.54) is 17.8 Å².